The van der Waals surface area contributed by atoms with E-state index in [1.54, 1.807) is 0 Å². The standard InChI is InChI=1S/C11H12.C2H6/c1-8-4-3-5-10-9(2)6-7-11(8)10;1-2/h3-7,9H,1-2H3;1-2H3. The molecule has 1 atom stereocenters. The number of fused-ring (bicyclic) bond motifs is 1. The summed E-state index contributed by atoms with van der Waals surface area (Å²) in [5.41, 5.74) is 4.30. The molecule has 0 radical (unpaired) electrons. The van der Waals surface area contributed by atoms with Gasteiger partial charge in [-0.2, -0.15) is 0 Å². The minimum atomic E-state index is 0.616. The summed E-state index contributed by atoms with van der Waals surface area (Å²) in [7, 11) is 0. The molecule has 0 heterocycles. The van der Waals surface area contributed by atoms with Gasteiger partial charge < -0.3 is 0 Å². The number of benzene rings is 1. The zero-order chi connectivity index (χ0) is 9.84. The van der Waals surface area contributed by atoms with E-state index in [4.69, 9.17) is 0 Å². The molecule has 1 aromatic rings. The Kier molecular flexibility index (Phi) is 3.30. The molecule has 0 nitrogen and oxygen atoms in total. The van der Waals surface area contributed by atoms with Crippen LogP contribution in [0.1, 0.15) is 43.4 Å². The summed E-state index contributed by atoms with van der Waals surface area (Å²) in [5.74, 6) is 0.616. The molecule has 0 N–H and O–H groups in total. The average Bonchev–Trinajstić information content (AvgIpc) is 2.53. The van der Waals surface area contributed by atoms with Gasteiger partial charge in [-0.25, -0.2) is 0 Å². The first-order chi connectivity index (χ1) is 6.29. The molecule has 0 saturated heterocycles. The maximum atomic E-state index is 2.26. The predicted octanol–water partition coefficient (Wildman–Crippen LogP) is 4.15. The molecule has 0 bridgehead atoms. The van der Waals surface area contributed by atoms with Crippen molar-refractivity contribution in [3.63, 3.8) is 0 Å². The minimum absolute atomic E-state index is 0.616. The largest absolute Gasteiger partial charge is 0.0767 e. The van der Waals surface area contributed by atoms with Gasteiger partial charge in [0, 0.05) is 0 Å². The van der Waals surface area contributed by atoms with Crippen molar-refractivity contribution in [1.82, 2.24) is 0 Å². The lowest BCUT2D eigenvalue weighted by molar-refractivity contribution is 0.987. The Morgan fingerprint density at radius 3 is 2.46 bits per heavy atom. The van der Waals surface area contributed by atoms with Gasteiger partial charge in [0.05, 0.1) is 0 Å². The molecule has 0 aliphatic heterocycles. The summed E-state index contributed by atoms with van der Waals surface area (Å²) >= 11 is 0. The van der Waals surface area contributed by atoms with Crippen LogP contribution in [-0.2, 0) is 0 Å². The highest BCUT2D eigenvalue weighted by Crippen LogP contribution is 2.30. The van der Waals surface area contributed by atoms with Crippen molar-refractivity contribution in [3.8, 4) is 0 Å². The molecule has 1 aliphatic rings. The van der Waals surface area contributed by atoms with Crippen LogP contribution in [0.5, 0.6) is 0 Å². The van der Waals surface area contributed by atoms with Crippen LogP contribution in [-0.4, -0.2) is 0 Å². The SMILES string of the molecule is CC.Cc1cccc2c1C=CC2C. The van der Waals surface area contributed by atoms with Gasteiger partial charge in [-0.3, -0.25) is 0 Å². The smallest absolute Gasteiger partial charge is 0.000107 e. The molecule has 0 amide bonds. The van der Waals surface area contributed by atoms with Gasteiger partial charge in [0.1, 0.15) is 0 Å². The van der Waals surface area contributed by atoms with Crippen molar-refractivity contribution < 1.29 is 0 Å². The second-order valence-corrected chi connectivity index (χ2v) is 3.23. The maximum Gasteiger partial charge on any atom is -0.000107 e. The van der Waals surface area contributed by atoms with E-state index in [0.717, 1.165) is 0 Å². The Balaban J connectivity index is 0.000000396. The van der Waals surface area contributed by atoms with Crippen molar-refractivity contribution in [3.05, 3.63) is 41.0 Å². The monoisotopic (exact) mass is 174 g/mol. The van der Waals surface area contributed by atoms with Gasteiger partial charge >= 0.3 is 0 Å². The number of rotatable bonds is 0. The second kappa shape index (κ2) is 4.27. The van der Waals surface area contributed by atoms with Crippen LogP contribution in [0.15, 0.2) is 24.3 Å². The Labute approximate surface area is 81.3 Å². The lowest BCUT2D eigenvalue weighted by atomic mass is 10.00. The Hall–Kier alpha value is -1.04. The van der Waals surface area contributed by atoms with Gasteiger partial charge in [-0.15, -0.1) is 0 Å². The van der Waals surface area contributed by atoms with E-state index in [0.29, 0.717) is 5.92 Å². The predicted molar refractivity (Wildman–Crippen MR) is 60.0 cm³/mol. The van der Waals surface area contributed by atoms with Crippen LogP contribution < -0.4 is 0 Å². The Morgan fingerprint density at radius 1 is 1.15 bits per heavy atom. The van der Waals surface area contributed by atoms with Crippen LogP contribution in [0.3, 0.4) is 0 Å². The van der Waals surface area contributed by atoms with Crippen LogP contribution in [0, 0.1) is 6.92 Å². The number of aryl methyl sites for hydroxylation is 1. The lowest BCUT2D eigenvalue weighted by Crippen LogP contribution is -1.88. The summed E-state index contributed by atoms with van der Waals surface area (Å²) < 4.78 is 0. The molecule has 1 aromatic carbocycles. The van der Waals surface area contributed by atoms with E-state index >= 15 is 0 Å². The molecule has 13 heavy (non-hydrogen) atoms. The molecule has 0 saturated carbocycles. The quantitative estimate of drug-likeness (QED) is 0.554. The lowest BCUT2D eigenvalue weighted by Gasteiger charge is -2.05. The van der Waals surface area contributed by atoms with Crippen molar-refractivity contribution in [1.29, 1.82) is 0 Å². The number of allylic oxidation sites excluding steroid dienone is 1. The normalized spacial score (nSPS) is 17.7. The Morgan fingerprint density at radius 2 is 1.85 bits per heavy atom. The first kappa shape index (κ1) is 10.0. The zero-order valence-electron chi connectivity index (χ0n) is 8.96. The third-order valence-electron chi connectivity index (χ3n) is 2.40. The number of hydrogen-bond acceptors (Lipinski definition) is 0. The molecule has 0 fully saturated rings. The molecule has 70 valence electrons. The van der Waals surface area contributed by atoms with E-state index in [1.807, 2.05) is 13.8 Å². The molecular formula is C13H18. The fourth-order valence-electron chi connectivity index (χ4n) is 1.67. The molecule has 0 spiro atoms. The summed E-state index contributed by atoms with van der Waals surface area (Å²) in [5, 5.41) is 0. The third kappa shape index (κ3) is 1.82. The summed E-state index contributed by atoms with van der Waals surface area (Å²) in [6.45, 7) is 8.41. The second-order valence-electron chi connectivity index (χ2n) is 3.23. The number of hydrogen-bond donors (Lipinski definition) is 0. The molecule has 0 heteroatoms. The zero-order valence-corrected chi connectivity index (χ0v) is 8.96. The fraction of sp³-hybridized carbons (Fsp3) is 0.385. The van der Waals surface area contributed by atoms with Gasteiger partial charge in [0.2, 0.25) is 0 Å². The van der Waals surface area contributed by atoms with E-state index in [-0.39, 0.29) is 0 Å². The molecule has 2 rings (SSSR count). The van der Waals surface area contributed by atoms with Gasteiger partial charge in [0.25, 0.3) is 0 Å². The van der Waals surface area contributed by atoms with E-state index in [1.165, 1.54) is 16.7 Å². The molecule has 1 aliphatic carbocycles. The average molecular weight is 174 g/mol. The molecule has 1 unspecified atom stereocenters. The van der Waals surface area contributed by atoms with Crippen molar-refractivity contribution >= 4 is 6.08 Å². The molecular weight excluding hydrogens is 156 g/mol. The van der Waals surface area contributed by atoms with Crippen LogP contribution in [0.25, 0.3) is 6.08 Å². The highest BCUT2D eigenvalue weighted by atomic mass is 14.2. The van der Waals surface area contributed by atoms with Crippen molar-refractivity contribution in [2.24, 2.45) is 0 Å². The maximum absolute atomic E-state index is 2.26. The highest BCUT2D eigenvalue weighted by Gasteiger charge is 2.12. The Bertz CT molecular complexity index is 308. The third-order valence-corrected chi connectivity index (χ3v) is 2.40. The van der Waals surface area contributed by atoms with Crippen LogP contribution >= 0.6 is 0 Å². The van der Waals surface area contributed by atoms with Gasteiger partial charge in [-0.1, -0.05) is 51.1 Å². The van der Waals surface area contributed by atoms with Crippen LogP contribution in [0.2, 0.25) is 0 Å². The summed E-state index contributed by atoms with van der Waals surface area (Å²) in [6.07, 6.45) is 4.49. The van der Waals surface area contributed by atoms with Gasteiger partial charge in [0.15, 0.2) is 0 Å². The van der Waals surface area contributed by atoms with Crippen LogP contribution in [0.4, 0.5) is 0 Å². The van der Waals surface area contributed by atoms with Crippen molar-refractivity contribution in [2.75, 3.05) is 0 Å². The van der Waals surface area contributed by atoms with E-state index in [2.05, 4.69) is 44.2 Å². The summed E-state index contributed by atoms with van der Waals surface area (Å²) in [4.78, 5) is 0. The summed E-state index contributed by atoms with van der Waals surface area (Å²) in [6, 6.07) is 6.52. The first-order valence-corrected chi connectivity index (χ1v) is 5.07. The van der Waals surface area contributed by atoms with E-state index in [9.17, 15) is 0 Å². The van der Waals surface area contributed by atoms with Crippen molar-refractivity contribution in [2.45, 2.75) is 33.6 Å². The topological polar surface area (TPSA) is 0 Å². The van der Waals surface area contributed by atoms with E-state index < -0.39 is 0 Å². The fourth-order valence-corrected chi connectivity index (χ4v) is 1.67. The van der Waals surface area contributed by atoms with Gasteiger partial charge in [-0.05, 0) is 29.5 Å². The molecule has 0 aromatic heterocycles. The highest BCUT2D eigenvalue weighted by molar-refractivity contribution is 5.65. The first-order valence-electron chi connectivity index (χ1n) is 5.07. The minimum Gasteiger partial charge on any atom is -0.0767 e.